The average molecular weight is 547 g/mol. The first kappa shape index (κ1) is 27.2. The maximum absolute atomic E-state index is 12.1. The quantitative estimate of drug-likeness (QED) is 0.148. The maximum Gasteiger partial charge on any atom is 0.297 e. The van der Waals surface area contributed by atoms with Crippen LogP contribution in [0.5, 0.6) is 0 Å². The van der Waals surface area contributed by atoms with Crippen LogP contribution in [0.2, 0.25) is 0 Å². The molecule has 1 N–H and O–H groups in total. The lowest BCUT2D eigenvalue weighted by Crippen LogP contribution is -2.04. The number of rotatable bonds is 9. The highest BCUT2D eigenvalue weighted by Gasteiger charge is 2.15. The fourth-order valence-electron chi connectivity index (χ4n) is 3.91. The van der Waals surface area contributed by atoms with E-state index in [1.54, 1.807) is 42.5 Å². The number of hydrogen-bond acceptors (Lipinski definition) is 5. The summed E-state index contributed by atoms with van der Waals surface area (Å²) < 4.78 is 60.7. The normalized spacial score (nSPS) is 12.4. The van der Waals surface area contributed by atoms with Gasteiger partial charge in [-0.2, -0.15) is 16.8 Å². The van der Waals surface area contributed by atoms with E-state index in [4.69, 9.17) is 0 Å². The van der Waals surface area contributed by atoms with Crippen molar-refractivity contribution in [1.29, 1.82) is 0 Å². The molecule has 0 unspecified atom stereocenters. The molecule has 6 nitrogen and oxygen atoms in total. The van der Waals surface area contributed by atoms with Gasteiger partial charge in [0.1, 0.15) is 10.6 Å². The third-order valence-corrected chi connectivity index (χ3v) is 7.89. The van der Waals surface area contributed by atoms with Crippen molar-refractivity contribution >= 4 is 44.5 Å². The minimum absolute atomic E-state index is 0.117. The molecule has 0 spiro atoms. The summed E-state index contributed by atoms with van der Waals surface area (Å²) in [4.78, 5) is 0.117. The Labute approximate surface area is 223 Å². The first-order valence-electron chi connectivity index (χ1n) is 11.6. The molecule has 0 aliphatic heterocycles. The molecule has 8 heteroatoms. The summed E-state index contributed by atoms with van der Waals surface area (Å²) in [5.41, 5.74) is 5.71. The zero-order valence-corrected chi connectivity index (χ0v) is 22.2. The van der Waals surface area contributed by atoms with Crippen LogP contribution in [0.25, 0.3) is 35.4 Å². The fraction of sp³-hybridized carbons (Fsp3) is 0.0667. The fourth-order valence-corrected chi connectivity index (χ4v) is 5.41. The van der Waals surface area contributed by atoms with Gasteiger partial charge in [0.25, 0.3) is 20.2 Å². The molecule has 4 rings (SSSR count). The SMILES string of the molecule is COS(=O)(=O)c1ccccc1/C=C/c1ccc(-c2ccc(/C=C/c3ccccc3CS(=O)(=O)O)cc2)cc1. The van der Waals surface area contributed by atoms with Crippen molar-refractivity contribution < 1.29 is 25.6 Å². The molecule has 0 aliphatic rings. The highest BCUT2D eigenvalue weighted by atomic mass is 32.2. The van der Waals surface area contributed by atoms with Gasteiger partial charge >= 0.3 is 0 Å². The summed E-state index contributed by atoms with van der Waals surface area (Å²) in [6.45, 7) is 0. The Hall–Kier alpha value is -3.82. The van der Waals surface area contributed by atoms with E-state index in [0.29, 0.717) is 11.1 Å². The van der Waals surface area contributed by atoms with E-state index < -0.39 is 26.0 Å². The lowest BCUT2D eigenvalue weighted by atomic mass is 10.0. The van der Waals surface area contributed by atoms with Crippen LogP contribution >= 0.6 is 0 Å². The van der Waals surface area contributed by atoms with E-state index in [1.807, 2.05) is 72.8 Å². The first-order valence-corrected chi connectivity index (χ1v) is 14.7. The summed E-state index contributed by atoms with van der Waals surface area (Å²) in [5, 5.41) is 0. The Morgan fingerprint density at radius 3 is 1.63 bits per heavy atom. The van der Waals surface area contributed by atoms with Crippen molar-refractivity contribution in [2.45, 2.75) is 10.6 Å². The van der Waals surface area contributed by atoms with Crippen LogP contribution in [-0.4, -0.2) is 28.5 Å². The molecule has 0 saturated carbocycles. The van der Waals surface area contributed by atoms with Crippen LogP contribution in [0.4, 0.5) is 0 Å². The van der Waals surface area contributed by atoms with Crippen LogP contribution in [0, 0.1) is 0 Å². The number of benzene rings is 4. The molecular formula is C30H26O6S2. The molecule has 4 aromatic rings. The van der Waals surface area contributed by atoms with E-state index in [2.05, 4.69) is 4.18 Å². The van der Waals surface area contributed by atoms with Crippen LogP contribution in [0.1, 0.15) is 27.8 Å². The lowest BCUT2D eigenvalue weighted by Gasteiger charge is -2.06. The minimum atomic E-state index is -4.12. The van der Waals surface area contributed by atoms with Crippen LogP contribution in [-0.2, 0) is 30.2 Å². The van der Waals surface area contributed by atoms with Crippen molar-refractivity contribution in [2.75, 3.05) is 7.11 Å². The van der Waals surface area contributed by atoms with Gasteiger partial charge in [-0.3, -0.25) is 8.74 Å². The topological polar surface area (TPSA) is 97.7 Å². The Bertz CT molecular complexity index is 1680. The Balaban J connectivity index is 1.47. The second-order valence-corrected chi connectivity index (χ2v) is 11.6. The third-order valence-electron chi connectivity index (χ3n) is 5.87. The van der Waals surface area contributed by atoms with Gasteiger partial charge < -0.3 is 0 Å². The Morgan fingerprint density at radius 1 is 0.632 bits per heavy atom. The molecule has 0 atom stereocenters. The van der Waals surface area contributed by atoms with E-state index >= 15 is 0 Å². The molecular weight excluding hydrogens is 520 g/mol. The monoisotopic (exact) mass is 546 g/mol. The summed E-state index contributed by atoms with van der Waals surface area (Å²) in [5.74, 6) is -0.434. The second kappa shape index (κ2) is 11.7. The van der Waals surface area contributed by atoms with Crippen molar-refractivity contribution in [3.8, 4) is 11.1 Å². The molecule has 0 aliphatic carbocycles. The maximum atomic E-state index is 12.1. The molecule has 38 heavy (non-hydrogen) atoms. The van der Waals surface area contributed by atoms with Crippen LogP contribution in [0.15, 0.2) is 102 Å². The summed E-state index contributed by atoms with van der Waals surface area (Å²) >= 11 is 0. The third kappa shape index (κ3) is 7.14. The molecule has 0 saturated heterocycles. The van der Waals surface area contributed by atoms with Crippen LogP contribution < -0.4 is 0 Å². The Morgan fingerprint density at radius 2 is 1.11 bits per heavy atom. The predicted molar refractivity (Wildman–Crippen MR) is 152 cm³/mol. The molecule has 0 amide bonds. The van der Waals surface area contributed by atoms with E-state index in [9.17, 15) is 21.4 Å². The molecule has 0 fully saturated rings. The standard InChI is InChI=1S/C30H26O6S2/c1-36-38(34,35)30-9-5-4-7-28(30)21-15-24-13-19-27(20-14-24)26-17-11-23(12-18-26)10-16-25-6-2-3-8-29(25)22-37(31,32)33/h2-21H,22H2,1H3,(H,31,32,33)/b16-10+,21-15+. The van der Waals surface area contributed by atoms with Crippen molar-refractivity contribution in [3.05, 3.63) is 125 Å². The van der Waals surface area contributed by atoms with Gasteiger partial charge in [-0.1, -0.05) is 115 Å². The van der Waals surface area contributed by atoms with Crippen molar-refractivity contribution in [3.63, 3.8) is 0 Å². The highest BCUT2D eigenvalue weighted by Crippen LogP contribution is 2.24. The van der Waals surface area contributed by atoms with Crippen LogP contribution in [0.3, 0.4) is 0 Å². The highest BCUT2D eigenvalue weighted by molar-refractivity contribution is 7.86. The van der Waals surface area contributed by atoms with Gasteiger partial charge in [0.05, 0.1) is 7.11 Å². The number of hydrogen-bond donors (Lipinski definition) is 1. The average Bonchev–Trinajstić information content (AvgIpc) is 2.91. The van der Waals surface area contributed by atoms with E-state index in [1.165, 1.54) is 6.07 Å². The minimum Gasteiger partial charge on any atom is -0.285 e. The second-order valence-electron chi connectivity index (χ2n) is 8.49. The van der Waals surface area contributed by atoms with E-state index in [0.717, 1.165) is 34.9 Å². The van der Waals surface area contributed by atoms with Crippen molar-refractivity contribution in [1.82, 2.24) is 0 Å². The molecule has 0 aromatic heterocycles. The molecule has 0 radical (unpaired) electrons. The zero-order chi connectivity index (χ0) is 27.2. The molecule has 0 bridgehead atoms. The summed E-state index contributed by atoms with van der Waals surface area (Å²) in [6.07, 6.45) is 7.31. The molecule has 0 heterocycles. The lowest BCUT2D eigenvalue weighted by molar-refractivity contribution is 0.397. The zero-order valence-electron chi connectivity index (χ0n) is 20.6. The van der Waals surface area contributed by atoms with Gasteiger partial charge in [-0.05, 0) is 45.0 Å². The Kier molecular flexibility index (Phi) is 8.38. The first-order chi connectivity index (χ1) is 18.1. The largest absolute Gasteiger partial charge is 0.297 e. The van der Waals surface area contributed by atoms with E-state index in [-0.39, 0.29) is 4.90 Å². The molecule has 4 aromatic carbocycles. The summed E-state index contributed by atoms with van der Waals surface area (Å²) in [7, 11) is -6.77. The van der Waals surface area contributed by atoms with Gasteiger partial charge in [-0.15, -0.1) is 0 Å². The molecule has 194 valence electrons. The van der Waals surface area contributed by atoms with Gasteiger partial charge in [0.15, 0.2) is 0 Å². The smallest absolute Gasteiger partial charge is 0.285 e. The van der Waals surface area contributed by atoms with Crippen molar-refractivity contribution in [2.24, 2.45) is 0 Å². The van der Waals surface area contributed by atoms with Gasteiger partial charge in [0, 0.05) is 0 Å². The summed E-state index contributed by atoms with van der Waals surface area (Å²) in [6, 6.07) is 29.5. The van der Waals surface area contributed by atoms with Gasteiger partial charge in [0.2, 0.25) is 0 Å². The predicted octanol–water partition coefficient (Wildman–Crippen LogP) is 6.42. The van der Waals surface area contributed by atoms with Gasteiger partial charge in [-0.25, -0.2) is 0 Å².